The molecule has 2 amide bonds. The zero-order chi connectivity index (χ0) is 19.5. The molecule has 1 saturated heterocycles. The molecule has 0 unspecified atom stereocenters. The highest BCUT2D eigenvalue weighted by Gasteiger charge is 2.36. The van der Waals surface area contributed by atoms with Crippen molar-refractivity contribution in [3.8, 4) is 0 Å². The van der Waals surface area contributed by atoms with Gasteiger partial charge in [-0.05, 0) is 41.8 Å². The highest BCUT2D eigenvalue weighted by atomic mass is 32.1. The third-order valence-electron chi connectivity index (χ3n) is 5.34. The minimum absolute atomic E-state index is 0.145. The van der Waals surface area contributed by atoms with Crippen LogP contribution in [0.1, 0.15) is 33.6 Å². The maximum Gasteiger partial charge on any atom is 0.329 e. The van der Waals surface area contributed by atoms with Gasteiger partial charge in [-0.2, -0.15) is 0 Å². The van der Waals surface area contributed by atoms with Crippen LogP contribution in [-0.4, -0.2) is 53.3 Å². The third-order valence-corrected chi connectivity index (χ3v) is 6.20. The van der Waals surface area contributed by atoms with Crippen LogP contribution >= 0.6 is 11.3 Å². The van der Waals surface area contributed by atoms with Gasteiger partial charge in [-0.15, -0.1) is 11.3 Å². The summed E-state index contributed by atoms with van der Waals surface area (Å²) >= 11 is 1.36. The van der Waals surface area contributed by atoms with E-state index in [1.165, 1.54) is 16.9 Å². The van der Waals surface area contributed by atoms with E-state index in [2.05, 4.69) is 6.07 Å². The number of hydrogen-bond acceptors (Lipinski definition) is 5. The van der Waals surface area contributed by atoms with Gasteiger partial charge in [0.25, 0.3) is 11.8 Å². The zero-order valence-electron chi connectivity index (χ0n) is 15.5. The Morgan fingerprint density at radius 1 is 1.07 bits per heavy atom. The van der Waals surface area contributed by atoms with Gasteiger partial charge in [0.1, 0.15) is 6.04 Å². The number of carbonyl (C=O) groups excluding carboxylic acids is 3. The van der Waals surface area contributed by atoms with Gasteiger partial charge in [0.15, 0.2) is 6.61 Å². The van der Waals surface area contributed by atoms with Crippen LogP contribution in [0.2, 0.25) is 0 Å². The maximum atomic E-state index is 12.6. The molecule has 6 nitrogen and oxygen atoms in total. The standard InChI is InChI=1S/C21H22N2O4S/c24-19(22-11-9-15-5-1-2-6-16(15)13-22)14-27-21(26)17-7-3-10-23(17)20(25)18-8-4-12-28-18/h1-2,4-6,8,12,17H,3,7,9-11,13-14H2/t17-/m1/s1. The number of carbonyl (C=O) groups is 3. The lowest BCUT2D eigenvalue weighted by atomic mass is 10.00. The lowest BCUT2D eigenvalue weighted by molar-refractivity contribution is -0.155. The number of thiophene rings is 1. The number of rotatable bonds is 4. The molecular formula is C21H22N2O4S. The number of nitrogens with zero attached hydrogens (tertiary/aromatic N) is 2. The van der Waals surface area contributed by atoms with Crippen molar-refractivity contribution < 1.29 is 19.1 Å². The number of amides is 2. The molecule has 0 N–H and O–H groups in total. The van der Waals surface area contributed by atoms with Crippen LogP contribution in [0, 0.1) is 0 Å². The summed E-state index contributed by atoms with van der Waals surface area (Å²) in [5.41, 5.74) is 2.40. The van der Waals surface area contributed by atoms with E-state index in [0.29, 0.717) is 30.9 Å². The Balaban J connectivity index is 1.32. The van der Waals surface area contributed by atoms with Crippen LogP contribution in [0.3, 0.4) is 0 Å². The predicted molar refractivity (Wildman–Crippen MR) is 105 cm³/mol. The van der Waals surface area contributed by atoms with E-state index in [1.807, 2.05) is 29.6 Å². The molecule has 4 rings (SSSR count). The SMILES string of the molecule is O=C(OCC(=O)N1CCc2ccccc2C1)[C@H]1CCCN1C(=O)c1cccs1. The predicted octanol–water partition coefficient (Wildman–Crippen LogP) is 2.48. The van der Waals surface area contributed by atoms with E-state index < -0.39 is 12.0 Å². The summed E-state index contributed by atoms with van der Waals surface area (Å²) < 4.78 is 5.31. The van der Waals surface area contributed by atoms with Crippen molar-refractivity contribution >= 4 is 29.1 Å². The highest BCUT2D eigenvalue weighted by Crippen LogP contribution is 2.23. The molecule has 2 aromatic rings. The zero-order valence-corrected chi connectivity index (χ0v) is 16.3. The molecule has 2 aliphatic heterocycles. The summed E-state index contributed by atoms with van der Waals surface area (Å²) in [6, 6.07) is 11.0. The average molecular weight is 398 g/mol. The largest absolute Gasteiger partial charge is 0.454 e. The van der Waals surface area contributed by atoms with E-state index in [1.54, 1.807) is 15.9 Å². The molecule has 7 heteroatoms. The van der Waals surface area contributed by atoms with E-state index in [-0.39, 0.29) is 18.4 Å². The third kappa shape index (κ3) is 3.80. The molecule has 28 heavy (non-hydrogen) atoms. The van der Waals surface area contributed by atoms with Crippen molar-refractivity contribution in [2.45, 2.75) is 31.8 Å². The van der Waals surface area contributed by atoms with Gasteiger partial charge >= 0.3 is 5.97 Å². The Hall–Kier alpha value is -2.67. The summed E-state index contributed by atoms with van der Waals surface area (Å²) in [6.07, 6.45) is 2.14. The molecule has 2 aliphatic rings. The van der Waals surface area contributed by atoms with Crippen molar-refractivity contribution in [1.82, 2.24) is 9.80 Å². The number of benzene rings is 1. The Morgan fingerprint density at radius 3 is 2.68 bits per heavy atom. The van der Waals surface area contributed by atoms with E-state index in [4.69, 9.17) is 4.74 Å². The van der Waals surface area contributed by atoms with Gasteiger partial charge in [-0.3, -0.25) is 9.59 Å². The van der Waals surface area contributed by atoms with Gasteiger partial charge in [-0.25, -0.2) is 4.79 Å². The fraction of sp³-hybridized carbons (Fsp3) is 0.381. The fourth-order valence-corrected chi connectivity index (χ4v) is 4.50. The second kappa shape index (κ2) is 8.14. The first-order chi connectivity index (χ1) is 13.6. The lowest BCUT2D eigenvalue weighted by Gasteiger charge is -2.29. The molecule has 1 aromatic carbocycles. The molecule has 1 fully saturated rings. The second-order valence-electron chi connectivity index (χ2n) is 7.08. The normalized spacial score (nSPS) is 18.6. The minimum Gasteiger partial charge on any atom is -0.454 e. The highest BCUT2D eigenvalue weighted by molar-refractivity contribution is 7.12. The van der Waals surface area contributed by atoms with Gasteiger partial charge < -0.3 is 14.5 Å². The van der Waals surface area contributed by atoms with Gasteiger partial charge in [0, 0.05) is 19.6 Å². The minimum atomic E-state index is -0.607. The lowest BCUT2D eigenvalue weighted by Crippen LogP contribution is -2.43. The number of likely N-dealkylation sites (tertiary alicyclic amines) is 1. The smallest absolute Gasteiger partial charge is 0.329 e. The van der Waals surface area contributed by atoms with Crippen molar-refractivity contribution in [2.24, 2.45) is 0 Å². The summed E-state index contributed by atoms with van der Waals surface area (Å²) in [7, 11) is 0. The number of ether oxygens (including phenoxy) is 1. The summed E-state index contributed by atoms with van der Waals surface area (Å²) in [5, 5.41) is 1.84. The number of esters is 1. The second-order valence-corrected chi connectivity index (χ2v) is 8.02. The molecule has 0 bridgehead atoms. The Labute approximate surface area is 167 Å². The van der Waals surface area contributed by atoms with Gasteiger partial charge in [-0.1, -0.05) is 30.3 Å². The van der Waals surface area contributed by atoms with E-state index in [0.717, 1.165) is 18.4 Å². The quantitative estimate of drug-likeness (QED) is 0.742. The first-order valence-corrected chi connectivity index (χ1v) is 10.4. The Morgan fingerprint density at radius 2 is 1.89 bits per heavy atom. The monoisotopic (exact) mass is 398 g/mol. The Bertz CT molecular complexity index is 880. The molecule has 3 heterocycles. The molecule has 1 aromatic heterocycles. The molecule has 0 radical (unpaired) electrons. The van der Waals surface area contributed by atoms with Gasteiger partial charge in [0.2, 0.25) is 0 Å². The van der Waals surface area contributed by atoms with Crippen LogP contribution in [0.15, 0.2) is 41.8 Å². The number of hydrogen-bond donors (Lipinski definition) is 0. The molecule has 0 saturated carbocycles. The van der Waals surface area contributed by atoms with E-state index in [9.17, 15) is 14.4 Å². The average Bonchev–Trinajstić information content (AvgIpc) is 3.43. The number of fused-ring (bicyclic) bond motifs is 1. The fourth-order valence-electron chi connectivity index (χ4n) is 3.83. The van der Waals surface area contributed by atoms with Crippen LogP contribution in [0.4, 0.5) is 0 Å². The van der Waals surface area contributed by atoms with Crippen molar-refractivity contribution in [3.63, 3.8) is 0 Å². The van der Waals surface area contributed by atoms with Crippen LogP contribution in [-0.2, 0) is 27.3 Å². The van der Waals surface area contributed by atoms with Crippen LogP contribution in [0.25, 0.3) is 0 Å². The molecule has 1 atom stereocenters. The van der Waals surface area contributed by atoms with Gasteiger partial charge in [0.05, 0.1) is 4.88 Å². The first kappa shape index (κ1) is 18.7. The van der Waals surface area contributed by atoms with Crippen molar-refractivity contribution in [2.75, 3.05) is 19.7 Å². The summed E-state index contributed by atoms with van der Waals surface area (Å²) in [4.78, 5) is 41.5. The summed E-state index contributed by atoms with van der Waals surface area (Å²) in [5.74, 6) is -0.835. The molecule has 146 valence electrons. The molecular weight excluding hydrogens is 376 g/mol. The Kier molecular flexibility index (Phi) is 5.43. The molecule has 0 aliphatic carbocycles. The maximum absolute atomic E-state index is 12.6. The molecule has 0 spiro atoms. The van der Waals surface area contributed by atoms with Crippen LogP contribution < -0.4 is 0 Å². The topological polar surface area (TPSA) is 66.9 Å². The van der Waals surface area contributed by atoms with E-state index >= 15 is 0 Å². The van der Waals surface area contributed by atoms with Crippen molar-refractivity contribution in [1.29, 1.82) is 0 Å². The van der Waals surface area contributed by atoms with Crippen LogP contribution in [0.5, 0.6) is 0 Å². The first-order valence-electron chi connectivity index (χ1n) is 9.49. The van der Waals surface area contributed by atoms with Crippen molar-refractivity contribution in [3.05, 3.63) is 57.8 Å². The summed E-state index contributed by atoms with van der Waals surface area (Å²) in [6.45, 7) is 1.42.